The van der Waals surface area contributed by atoms with Gasteiger partial charge in [0.2, 0.25) is 17.8 Å². The number of aliphatic hydroxyl groups excluding tert-OH is 3. The van der Waals surface area contributed by atoms with Crippen LogP contribution in [-0.2, 0) is 4.79 Å². The highest BCUT2D eigenvalue weighted by atomic mass is 19.1. The molecule has 1 amide bonds. The first-order valence-electron chi connectivity index (χ1n) is 13.8. The van der Waals surface area contributed by atoms with Crippen LogP contribution < -0.4 is 16.0 Å². The Morgan fingerprint density at radius 3 is 2.52 bits per heavy atom. The number of hydrogen-bond acceptors (Lipinski definition) is 9. The van der Waals surface area contributed by atoms with Crippen LogP contribution in [0.1, 0.15) is 57.4 Å². The van der Waals surface area contributed by atoms with Gasteiger partial charge in [-0.2, -0.15) is 4.98 Å². The molecule has 216 valence electrons. The number of anilines is 3. The fraction of sp³-hybridized carbons (Fsp3) is 0.556. The summed E-state index contributed by atoms with van der Waals surface area (Å²) in [6.07, 6.45) is 5.78. The third kappa shape index (κ3) is 6.48. The van der Waals surface area contributed by atoms with E-state index < -0.39 is 24.3 Å². The van der Waals surface area contributed by atoms with Gasteiger partial charge in [0.25, 0.3) is 0 Å². The van der Waals surface area contributed by atoms with Gasteiger partial charge in [-0.15, -0.1) is 0 Å². The lowest BCUT2D eigenvalue weighted by molar-refractivity contribution is -0.126. The van der Waals surface area contributed by atoms with E-state index in [-0.39, 0.29) is 42.2 Å². The lowest BCUT2D eigenvalue weighted by Crippen LogP contribution is -2.39. The first kappa shape index (κ1) is 28.1. The van der Waals surface area contributed by atoms with Crippen molar-refractivity contribution in [3.63, 3.8) is 0 Å². The smallest absolute Gasteiger partial charge is 0.224 e. The molecule has 0 unspecified atom stereocenters. The summed E-state index contributed by atoms with van der Waals surface area (Å²) in [5, 5.41) is 37.4. The second kappa shape index (κ2) is 12.4. The van der Waals surface area contributed by atoms with E-state index in [1.807, 2.05) is 4.57 Å². The molecule has 0 aliphatic heterocycles. The summed E-state index contributed by atoms with van der Waals surface area (Å²) in [5.74, 6) is -1.07. The number of nitrogens with one attached hydrogen (secondary N) is 3. The molecule has 11 nitrogen and oxygen atoms in total. The molecule has 5 rings (SSSR count). The summed E-state index contributed by atoms with van der Waals surface area (Å²) in [7, 11) is 0. The normalized spacial score (nSPS) is 24.0. The van der Waals surface area contributed by atoms with E-state index in [1.165, 1.54) is 12.1 Å². The predicted molar refractivity (Wildman–Crippen MR) is 144 cm³/mol. The van der Waals surface area contributed by atoms with Crippen molar-refractivity contribution in [2.24, 2.45) is 5.92 Å². The minimum absolute atomic E-state index is 0.00856. The van der Waals surface area contributed by atoms with Crippen LogP contribution in [-0.4, -0.2) is 72.1 Å². The molecule has 13 heteroatoms. The van der Waals surface area contributed by atoms with Crippen molar-refractivity contribution in [1.29, 1.82) is 0 Å². The van der Waals surface area contributed by atoms with E-state index in [0.29, 0.717) is 61.6 Å². The second-order valence-corrected chi connectivity index (χ2v) is 10.7. The number of nitrogens with zero attached hydrogens (tertiary/aromatic N) is 4. The average molecular weight is 560 g/mol. The van der Waals surface area contributed by atoms with E-state index in [1.54, 1.807) is 6.20 Å². The van der Waals surface area contributed by atoms with Crippen molar-refractivity contribution in [2.45, 2.75) is 75.7 Å². The number of aliphatic hydroxyl groups is 3. The number of amides is 1. The highest BCUT2D eigenvalue weighted by Crippen LogP contribution is 2.37. The zero-order chi connectivity index (χ0) is 28.2. The third-order valence-electron chi connectivity index (χ3n) is 7.80. The summed E-state index contributed by atoms with van der Waals surface area (Å²) in [5.41, 5.74) is 1.13. The van der Waals surface area contributed by atoms with Crippen LogP contribution in [0.5, 0.6) is 0 Å². The summed E-state index contributed by atoms with van der Waals surface area (Å²) in [6, 6.07) is 3.32. The molecule has 6 N–H and O–H groups in total. The van der Waals surface area contributed by atoms with E-state index in [2.05, 4.69) is 25.9 Å². The molecule has 2 fully saturated rings. The highest BCUT2D eigenvalue weighted by Gasteiger charge is 2.30. The third-order valence-corrected chi connectivity index (χ3v) is 7.80. The molecule has 2 aliphatic rings. The highest BCUT2D eigenvalue weighted by molar-refractivity contribution is 5.79. The minimum Gasteiger partial charge on any atom is -0.394 e. The second-order valence-electron chi connectivity index (χ2n) is 10.7. The Bertz CT molecular complexity index is 1320. The zero-order valence-electron chi connectivity index (χ0n) is 22.1. The Labute approximate surface area is 230 Å². The first-order valence-corrected chi connectivity index (χ1v) is 13.8. The van der Waals surface area contributed by atoms with Crippen LogP contribution in [0.15, 0.2) is 24.4 Å². The van der Waals surface area contributed by atoms with Crippen LogP contribution >= 0.6 is 0 Å². The van der Waals surface area contributed by atoms with Gasteiger partial charge in [0.05, 0.1) is 30.7 Å². The molecular weight excluding hydrogens is 524 g/mol. The Morgan fingerprint density at radius 2 is 1.82 bits per heavy atom. The van der Waals surface area contributed by atoms with Gasteiger partial charge in [-0.05, 0) is 63.5 Å². The molecule has 40 heavy (non-hydrogen) atoms. The SMILES string of the molecule is O=C(NC[C@H](O)CO)[C@H]1CC[C@@H](n2c(Nc3ccc(F)cc3F)nc3cnc(NC4CCC(O)CC4)nc32)CC1. The molecule has 0 saturated heterocycles. The Balaban J connectivity index is 1.39. The largest absolute Gasteiger partial charge is 0.394 e. The molecule has 1 aromatic carbocycles. The lowest BCUT2D eigenvalue weighted by Gasteiger charge is -2.30. The van der Waals surface area contributed by atoms with Crippen LogP contribution in [0.4, 0.5) is 26.4 Å². The van der Waals surface area contributed by atoms with Crippen molar-refractivity contribution in [1.82, 2.24) is 24.8 Å². The lowest BCUT2D eigenvalue weighted by atomic mass is 9.85. The standard InChI is InChI=1S/C27H35F2N7O4/c28-16-3-10-22(21(29)11-16)33-27-34-23-13-31-26(32-17-4-8-19(38)9-5-17)35-24(23)36(27)18-6-1-15(2-7-18)25(40)30-12-20(39)14-37/h3,10-11,13,15,17-20,37-39H,1-2,4-9,12,14H2,(H,30,40)(H,33,34)(H,31,32,35)/t15-,17?,18+,19?,20-/m0/s1. The number of hydrogen-bond donors (Lipinski definition) is 6. The summed E-state index contributed by atoms with van der Waals surface area (Å²) >= 11 is 0. The number of rotatable bonds is 9. The molecule has 1 atom stereocenters. The van der Waals surface area contributed by atoms with Gasteiger partial charge in [-0.25, -0.2) is 18.7 Å². The number of halogens is 2. The molecule has 2 saturated carbocycles. The summed E-state index contributed by atoms with van der Waals surface area (Å²) in [4.78, 5) is 26.4. The van der Waals surface area contributed by atoms with E-state index in [9.17, 15) is 23.8 Å². The van der Waals surface area contributed by atoms with Crippen LogP contribution in [0.3, 0.4) is 0 Å². The zero-order valence-corrected chi connectivity index (χ0v) is 22.1. The van der Waals surface area contributed by atoms with E-state index >= 15 is 0 Å². The maximum Gasteiger partial charge on any atom is 0.224 e. The van der Waals surface area contributed by atoms with Gasteiger partial charge >= 0.3 is 0 Å². The van der Waals surface area contributed by atoms with Crippen LogP contribution in [0, 0.1) is 17.6 Å². The van der Waals surface area contributed by atoms with Gasteiger partial charge in [0.15, 0.2) is 5.65 Å². The average Bonchev–Trinajstić information content (AvgIpc) is 3.31. The molecule has 2 aliphatic carbocycles. The summed E-state index contributed by atoms with van der Waals surface area (Å²) in [6.45, 7) is -0.433. The Kier molecular flexibility index (Phi) is 8.72. The monoisotopic (exact) mass is 559 g/mol. The van der Waals surface area contributed by atoms with Crippen molar-refractivity contribution < 1.29 is 28.9 Å². The molecule has 0 radical (unpaired) electrons. The maximum absolute atomic E-state index is 14.5. The molecule has 0 bridgehead atoms. The van der Waals surface area contributed by atoms with Crippen LogP contribution in [0.2, 0.25) is 0 Å². The number of carbonyl (C=O) groups excluding carboxylic acids is 1. The quantitative estimate of drug-likeness (QED) is 0.232. The van der Waals surface area contributed by atoms with Gasteiger partial charge in [-0.1, -0.05) is 0 Å². The van der Waals surface area contributed by atoms with Crippen molar-refractivity contribution in [3.05, 3.63) is 36.0 Å². The number of benzene rings is 1. The molecular formula is C27H35F2N7O4. The number of imidazole rings is 1. The molecule has 2 aromatic heterocycles. The van der Waals surface area contributed by atoms with Crippen molar-refractivity contribution in [2.75, 3.05) is 23.8 Å². The van der Waals surface area contributed by atoms with E-state index in [0.717, 1.165) is 18.9 Å². The molecule has 3 aromatic rings. The minimum atomic E-state index is -1.00. The Hall–Kier alpha value is -3.42. The summed E-state index contributed by atoms with van der Waals surface area (Å²) < 4.78 is 30.0. The number of aromatic nitrogens is 4. The molecule has 0 spiro atoms. The van der Waals surface area contributed by atoms with Crippen molar-refractivity contribution in [3.8, 4) is 0 Å². The van der Waals surface area contributed by atoms with Crippen molar-refractivity contribution >= 4 is 34.7 Å². The first-order chi connectivity index (χ1) is 19.3. The van der Waals surface area contributed by atoms with Gasteiger partial charge in [0.1, 0.15) is 17.2 Å². The fourth-order valence-electron chi connectivity index (χ4n) is 5.53. The van der Waals surface area contributed by atoms with Crippen LogP contribution in [0.25, 0.3) is 11.2 Å². The number of fused-ring (bicyclic) bond motifs is 1. The maximum atomic E-state index is 14.5. The van der Waals surface area contributed by atoms with E-state index in [4.69, 9.17) is 10.1 Å². The predicted octanol–water partition coefficient (Wildman–Crippen LogP) is 2.76. The van der Waals surface area contributed by atoms with Gasteiger partial charge < -0.3 is 31.3 Å². The molecule has 2 heterocycles. The Morgan fingerprint density at radius 1 is 1.07 bits per heavy atom. The number of carbonyl (C=O) groups is 1. The fourth-order valence-corrected chi connectivity index (χ4v) is 5.53. The van der Waals surface area contributed by atoms with Gasteiger partial charge in [0, 0.05) is 30.6 Å². The van der Waals surface area contributed by atoms with Gasteiger partial charge in [-0.3, -0.25) is 9.36 Å². The topological polar surface area (TPSA) is 157 Å².